The van der Waals surface area contributed by atoms with Crippen molar-refractivity contribution in [2.24, 2.45) is 5.41 Å². The van der Waals surface area contributed by atoms with Gasteiger partial charge < -0.3 is 0 Å². The molecular formula is C15H18O2S2. The van der Waals surface area contributed by atoms with Gasteiger partial charge in [-0.2, -0.15) is 0 Å². The molecule has 0 unspecified atom stereocenters. The zero-order valence-corrected chi connectivity index (χ0v) is 13.2. The summed E-state index contributed by atoms with van der Waals surface area (Å²) in [6.07, 6.45) is 3.23. The van der Waals surface area contributed by atoms with Crippen molar-refractivity contribution >= 4 is 21.6 Å². The molecular weight excluding hydrogens is 276 g/mol. The lowest BCUT2D eigenvalue weighted by Crippen LogP contribution is -2.02. The van der Waals surface area contributed by atoms with Crippen molar-refractivity contribution in [1.29, 1.82) is 0 Å². The molecule has 0 saturated heterocycles. The van der Waals surface area contributed by atoms with E-state index in [-0.39, 0.29) is 9.65 Å². The lowest BCUT2D eigenvalue weighted by atomic mass is 9.98. The summed E-state index contributed by atoms with van der Waals surface area (Å²) in [5.74, 6) is 5.85. The van der Waals surface area contributed by atoms with Gasteiger partial charge in [-0.15, -0.1) is 11.8 Å². The van der Waals surface area contributed by atoms with Crippen LogP contribution in [0.2, 0.25) is 0 Å². The van der Waals surface area contributed by atoms with Crippen molar-refractivity contribution in [3.63, 3.8) is 0 Å². The standard InChI is InChI=1S/C15H18O2S2/c1-15(2,3)12-8-11-14(18-4)19(16,17)13-9-6-5-7-10-13/h5-7,9-11H,1-4H3/b14-11+. The van der Waals surface area contributed by atoms with Crippen LogP contribution in [0.4, 0.5) is 0 Å². The number of benzene rings is 1. The van der Waals surface area contributed by atoms with Crippen LogP contribution < -0.4 is 0 Å². The molecule has 1 aromatic rings. The molecule has 2 nitrogen and oxygen atoms in total. The molecule has 0 spiro atoms. The van der Waals surface area contributed by atoms with E-state index >= 15 is 0 Å². The van der Waals surface area contributed by atoms with Gasteiger partial charge in [0.2, 0.25) is 9.84 Å². The molecule has 0 radical (unpaired) electrons. The van der Waals surface area contributed by atoms with E-state index in [1.807, 2.05) is 20.8 Å². The first kappa shape index (κ1) is 15.9. The number of rotatable bonds is 3. The van der Waals surface area contributed by atoms with Gasteiger partial charge in [-0.1, -0.05) is 30.0 Å². The molecule has 0 fully saturated rings. The van der Waals surface area contributed by atoms with E-state index in [4.69, 9.17) is 0 Å². The first-order valence-corrected chi connectivity index (χ1v) is 8.55. The summed E-state index contributed by atoms with van der Waals surface area (Å²) in [4.78, 5) is 0.299. The third kappa shape index (κ3) is 4.77. The van der Waals surface area contributed by atoms with Crippen molar-refractivity contribution < 1.29 is 8.42 Å². The average Bonchev–Trinajstić information content (AvgIpc) is 2.34. The van der Waals surface area contributed by atoms with Gasteiger partial charge in [0.25, 0.3) is 0 Å². The summed E-state index contributed by atoms with van der Waals surface area (Å²) in [7, 11) is -3.45. The first-order valence-electron chi connectivity index (χ1n) is 5.84. The zero-order valence-electron chi connectivity index (χ0n) is 11.6. The summed E-state index contributed by atoms with van der Waals surface area (Å²) in [5, 5.41) is 0. The van der Waals surface area contributed by atoms with Crippen molar-refractivity contribution in [1.82, 2.24) is 0 Å². The van der Waals surface area contributed by atoms with E-state index in [2.05, 4.69) is 11.8 Å². The highest BCUT2D eigenvalue weighted by molar-refractivity contribution is 8.18. The average molecular weight is 294 g/mol. The van der Waals surface area contributed by atoms with Gasteiger partial charge in [-0.3, -0.25) is 0 Å². The highest BCUT2D eigenvalue weighted by Gasteiger charge is 2.19. The minimum absolute atomic E-state index is 0.142. The number of hydrogen-bond acceptors (Lipinski definition) is 3. The van der Waals surface area contributed by atoms with Crippen molar-refractivity contribution in [2.45, 2.75) is 25.7 Å². The monoisotopic (exact) mass is 294 g/mol. The van der Waals surface area contributed by atoms with Crippen LogP contribution in [0.25, 0.3) is 0 Å². The Hall–Kier alpha value is -1.18. The first-order chi connectivity index (χ1) is 8.77. The third-order valence-electron chi connectivity index (χ3n) is 2.16. The number of hydrogen-bond donors (Lipinski definition) is 0. The molecule has 0 aliphatic heterocycles. The molecule has 0 amide bonds. The Kier molecular flexibility index (Phi) is 5.28. The van der Waals surface area contributed by atoms with Crippen LogP contribution in [0.1, 0.15) is 20.8 Å². The van der Waals surface area contributed by atoms with Gasteiger partial charge in [-0.25, -0.2) is 8.42 Å². The van der Waals surface area contributed by atoms with E-state index in [1.165, 1.54) is 17.8 Å². The lowest BCUT2D eigenvalue weighted by Gasteiger charge is -2.07. The molecule has 0 N–H and O–H groups in total. The van der Waals surface area contributed by atoms with E-state index in [9.17, 15) is 8.42 Å². The maximum atomic E-state index is 12.4. The van der Waals surface area contributed by atoms with Gasteiger partial charge in [-0.05, 0) is 39.2 Å². The van der Waals surface area contributed by atoms with Crippen LogP contribution in [-0.4, -0.2) is 14.7 Å². The Labute approximate surface area is 120 Å². The molecule has 102 valence electrons. The smallest absolute Gasteiger partial charge is 0.213 e. The maximum absolute atomic E-state index is 12.4. The highest BCUT2D eigenvalue weighted by Crippen LogP contribution is 2.26. The second kappa shape index (κ2) is 6.31. The summed E-state index contributed by atoms with van der Waals surface area (Å²) in [6.45, 7) is 5.95. The fourth-order valence-corrected chi connectivity index (χ4v) is 3.58. The van der Waals surface area contributed by atoms with Crippen LogP contribution in [0.5, 0.6) is 0 Å². The molecule has 0 atom stereocenters. The van der Waals surface area contributed by atoms with Gasteiger partial charge in [0.1, 0.15) is 4.24 Å². The Bertz CT molecular complexity index is 610. The normalized spacial score (nSPS) is 12.7. The highest BCUT2D eigenvalue weighted by atomic mass is 32.3. The quantitative estimate of drug-likeness (QED) is 0.797. The zero-order chi connectivity index (χ0) is 14.5. The van der Waals surface area contributed by atoms with Crippen LogP contribution in [-0.2, 0) is 9.84 Å². The summed E-state index contributed by atoms with van der Waals surface area (Å²) in [5.41, 5.74) is -0.142. The van der Waals surface area contributed by atoms with Gasteiger partial charge >= 0.3 is 0 Å². The van der Waals surface area contributed by atoms with Crippen molar-refractivity contribution in [2.75, 3.05) is 6.26 Å². The molecule has 4 heteroatoms. The fourth-order valence-electron chi connectivity index (χ4n) is 1.27. The Morgan fingerprint density at radius 2 is 1.79 bits per heavy atom. The van der Waals surface area contributed by atoms with Gasteiger partial charge in [0.15, 0.2) is 0 Å². The summed E-state index contributed by atoms with van der Waals surface area (Å²) < 4.78 is 25.0. The molecule has 0 aliphatic rings. The molecule has 0 saturated carbocycles. The second-order valence-electron chi connectivity index (χ2n) is 5.00. The number of sulfone groups is 1. The molecule has 0 aromatic heterocycles. The Morgan fingerprint density at radius 1 is 1.21 bits per heavy atom. The van der Waals surface area contributed by atoms with Crippen LogP contribution in [0.3, 0.4) is 0 Å². The van der Waals surface area contributed by atoms with Gasteiger partial charge in [0.05, 0.1) is 4.90 Å². The lowest BCUT2D eigenvalue weighted by molar-refractivity contribution is 0.571. The predicted octanol–water partition coefficient (Wildman–Crippen LogP) is 3.71. The Balaban J connectivity index is 3.17. The van der Waals surface area contributed by atoms with Crippen LogP contribution >= 0.6 is 11.8 Å². The van der Waals surface area contributed by atoms with Crippen molar-refractivity contribution in [3.8, 4) is 11.8 Å². The number of allylic oxidation sites excluding steroid dienone is 1. The predicted molar refractivity (Wildman–Crippen MR) is 82.5 cm³/mol. The molecule has 0 heterocycles. The van der Waals surface area contributed by atoms with E-state index in [0.29, 0.717) is 4.90 Å². The van der Waals surface area contributed by atoms with Crippen LogP contribution in [0, 0.1) is 17.3 Å². The minimum Gasteiger partial charge on any atom is -0.218 e. The molecule has 0 bridgehead atoms. The molecule has 1 rings (SSSR count). The topological polar surface area (TPSA) is 34.1 Å². The van der Waals surface area contributed by atoms with Crippen molar-refractivity contribution in [3.05, 3.63) is 40.6 Å². The molecule has 0 aliphatic carbocycles. The van der Waals surface area contributed by atoms with Gasteiger partial charge in [0, 0.05) is 11.5 Å². The number of thioether (sulfide) groups is 1. The molecule has 1 aromatic carbocycles. The van der Waals surface area contributed by atoms with E-state index < -0.39 is 9.84 Å². The summed E-state index contributed by atoms with van der Waals surface area (Å²) in [6, 6.07) is 8.41. The SMILES string of the molecule is CS/C(=C\C#CC(C)(C)C)S(=O)(=O)c1ccccc1. The fraction of sp³-hybridized carbons (Fsp3) is 0.333. The van der Waals surface area contributed by atoms with E-state index in [0.717, 1.165) is 0 Å². The minimum atomic E-state index is -3.45. The largest absolute Gasteiger partial charge is 0.218 e. The summed E-state index contributed by atoms with van der Waals surface area (Å²) >= 11 is 1.19. The second-order valence-corrected chi connectivity index (χ2v) is 8.03. The third-order valence-corrected chi connectivity index (χ3v) is 5.38. The Morgan fingerprint density at radius 3 is 2.26 bits per heavy atom. The maximum Gasteiger partial charge on any atom is 0.213 e. The van der Waals surface area contributed by atoms with Crippen LogP contribution in [0.15, 0.2) is 45.5 Å². The molecule has 19 heavy (non-hydrogen) atoms. The van der Waals surface area contributed by atoms with E-state index in [1.54, 1.807) is 36.6 Å².